The molecule has 2 aromatic rings. The number of nitrogens with zero attached hydrogens (tertiary/aromatic N) is 1. The molecule has 0 saturated heterocycles. The molecular formula is C13H10BrF3N2O2. The van der Waals surface area contributed by atoms with Gasteiger partial charge in [-0.25, -0.2) is 4.98 Å². The summed E-state index contributed by atoms with van der Waals surface area (Å²) in [6, 6.07) is 4.59. The first-order chi connectivity index (χ1) is 9.82. The van der Waals surface area contributed by atoms with Crippen molar-refractivity contribution >= 4 is 15.9 Å². The Balaban J connectivity index is 2.54. The van der Waals surface area contributed by atoms with Crippen LogP contribution in [0.3, 0.4) is 0 Å². The van der Waals surface area contributed by atoms with E-state index >= 15 is 0 Å². The topological polar surface area (TPSA) is 55.0 Å². The molecule has 1 aromatic heterocycles. The molecule has 21 heavy (non-hydrogen) atoms. The Kier molecular flexibility index (Phi) is 4.48. The molecule has 0 spiro atoms. The zero-order valence-corrected chi connectivity index (χ0v) is 12.4. The Bertz CT molecular complexity index is 713. The number of benzene rings is 1. The lowest BCUT2D eigenvalue weighted by Crippen LogP contribution is -2.14. The van der Waals surface area contributed by atoms with Crippen molar-refractivity contribution < 1.29 is 17.9 Å². The summed E-state index contributed by atoms with van der Waals surface area (Å²) < 4.78 is 43.2. The Hall–Kier alpha value is -1.67. The highest BCUT2D eigenvalue weighted by atomic mass is 79.9. The van der Waals surface area contributed by atoms with E-state index in [0.29, 0.717) is 5.69 Å². The molecule has 4 nitrogen and oxygen atoms in total. The highest BCUT2D eigenvalue weighted by Crippen LogP contribution is 2.31. The van der Waals surface area contributed by atoms with Crippen molar-refractivity contribution in [2.45, 2.75) is 12.8 Å². The van der Waals surface area contributed by atoms with Crippen molar-refractivity contribution in [3.8, 4) is 11.4 Å². The highest BCUT2D eigenvalue weighted by Gasteiger charge is 2.30. The lowest BCUT2D eigenvalue weighted by molar-refractivity contribution is -0.137. The normalized spacial score (nSPS) is 11.7. The number of nitrogens with one attached hydrogen (secondary N) is 1. The number of methoxy groups -OCH3 is 1. The summed E-state index contributed by atoms with van der Waals surface area (Å²) in [6.07, 6.45) is -4.46. The van der Waals surface area contributed by atoms with Crippen molar-refractivity contribution in [3.05, 3.63) is 50.3 Å². The van der Waals surface area contributed by atoms with Gasteiger partial charge in [0.15, 0.2) is 0 Å². The third-order valence-corrected chi connectivity index (χ3v) is 3.49. The molecule has 112 valence electrons. The van der Waals surface area contributed by atoms with Gasteiger partial charge in [0.05, 0.1) is 17.9 Å². The van der Waals surface area contributed by atoms with E-state index in [-0.39, 0.29) is 22.5 Å². The zero-order chi connectivity index (χ0) is 15.6. The average molecular weight is 363 g/mol. The molecule has 8 heteroatoms. The fourth-order valence-corrected chi connectivity index (χ4v) is 2.02. The van der Waals surface area contributed by atoms with E-state index in [4.69, 9.17) is 4.74 Å². The molecule has 0 unspecified atom stereocenters. The van der Waals surface area contributed by atoms with Gasteiger partial charge in [-0.05, 0) is 28.1 Å². The quantitative estimate of drug-likeness (QED) is 0.910. The summed E-state index contributed by atoms with van der Waals surface area (Å²) in [7, 11) is 1.43. The predicted molar refractivity (Wildman–Crippen MR) is 73.7 cm³/mol. The van der Waals surface area contributed by atoms with Crippen LogP contribution in [0.2, 0.25) is 0 Å². The fraction of sp³-hybridized carbons (Fsp3) is 0.231. The fourth-order valence-electron chi connectivity index (χ4n) is 1.72. The Morgan fingerprint density at radius 2 is 2.10 bits per heavy atom. The molecule has 0 saturated carbocycles. The maximum Gasteiger partial charge on any atom is 0.416 e. The van der Waals surface area contributed by atoms with Crippen molar-refractivity contribution in [1.82, 2.24) is 9.97 Å². The van der Waals surface area contributed by atoms with Gasteiger partial charge in [0, 0.05) is 12.7 Å². The van der Waals surface area contributed by atoms with E-state index in [9.17, 15) is 18.0 Å². The molecule has 1 heterocycles. The minimum atomic E-state index is -4.46. The van der Waals surface area contributed by atoms with Crippen molar-refractivity contribution in [2.75, 3.05) is 7.11 Å². The van der Waals surface area contributed by atoms with E-state index in [1.165, 1.54) is 19.2 Å². The van der Waals surface area contributed by atoms with E-state index in [2.05, 4.69) is 25.9 Å². The van der Waals surface area contributed by atoms with Crippen LogP contribution >= 0.6 is 15.9 Å². The summed E-state index contributed by atoms with van der Waals surface area (Å²) in [6.45, 7) is 0.0659. The van der Waals surface area contributed by atoms with Gasteiger partial charge in [-0.15, -0.1) is 0 Å². The summed E-state index contributed by atoms with van der Waals surface area (Å²) >= 11 is 3.07. The molecular weight excluding hydrogens is 353 g/mol. The first-order valence-electron chi connectivity index (χ1n) is 5.78. The van der Waals surface area contributed by atoms with Gasteiger partial charge in [-0.1, -0.05) is 12.1 Å². The number of ether oxygens (including phenoxy) is 1. The van der Waals surface area contributed by atoms with Gasteiger partial charge < -0.3 is 9.72 Å². The molecule has 0 bridgehead atoms. The van der Waals surface area contributed by atoms with Crippen molar-refractivity contribution in [3.63, 3.8) is 0 Å². The van der Waals surface area contributed by atoms with Crippen LogP contribution < -0.4 is 5.56 Å². The van der Waals surface area contributed by atoms with Crippen molar-refractivity contribution in [2.24, 2.45) is 0 Å². The number of aromatic nitrogens is 2. The molecule has 1 aromatic carbocycles. The molecule has 2 rings (SSSR count). The first-order valence-corrected chi connectivity index (χ1v) is 6.57. The number of alkyl halides is 3. The number of rotatable bonds is 3. The van der Waals surface area contributed by atoms with Crippen LogP contribution in [0.1, 0.15) is 11.3 Å². The van der Waals surface area contributed by atoms with Crippen LogP contribution in [-0.4, -0.2) is 17.1 Å². The zero-order valence-electron chi connectivity index (χ0n) is 10.8. The monoisotopic (exact) mass is 362 g/mol. The van der Waals surface area contributed by atoms with Crippen molar-refractivity contribution in [1.29, 1.82) is 0 Å². The van der Waals surface area contributed by atoms with E-state index in [1.54, 1.807) is 0 Å². The largest absolute Gasteiger partial charge is 0.416 e. The number of aromatic amines is 1. The van der Waals surface area contributed by atoms with E-state index < -0.39 is 17.3 Å². The predicted octanol–water partition coefficient (Wildman–Crippen LogP) is 3.36. The van der Waals surface area contributed by atoms with Crippen LogP contribution in [0, 0.1) is 0 Å². The van der Waals surface area contributed by atoms with Gasteiger partial charge in [0.25, 0.3) is 5.56 Å². The standard InChI is InChI=1S/C13H10BrF3N2O2/c1-21-6-9-10(14)12(20)19-11(18-9)7-3-2-4-8(5-7)13(15,16)17/h2-5H,6H2,1H3,(H,18,19,20). The second kappa shape index (κ2) is 5.98. The van der Waals surface area contributed by atoms with Gasteiger partial charge in [-0.2, -0.15) is 13.2 Å². The van der Waals surface area contributed by atoms with E-state index in [0.717, 1.165) is 12.1 Å². The third-order valence-electron chi connectivity index (χ3n) is 2.68. The van der Waals surface area contributed by atoms with Crippen LogP contribution in [0.4, 0.5) is 13.2 Å². The van der Waals surface area contributed by atoms with Crippen LogP contribution in [0.5, 0.6) is 0 Å². The molecule has 0 aliphatic rings. The molecule has 0 aliphatic carbocycles. The van der Waals surface area contributed by atoms with Gasteiger partial charge in [-0.3, -0.25) is 4.79 Å². The highest BCUT2D eigenvalue weighted by molar-refractivity contribution is 9.10. The van der Waals surface area contributed by atoms with E-state index in [1.807, 2.05) is 0 Å². The molecule has 0 radical (unpaired) electrons. The molecule has 0 amide bonds. The first kappa shape index (κ1) is 15.7. The number of H-pyrrole nitrogens is 1. The minimum absolute atomic E-state index is 0.0568. The number of hydrogen-bond acceptors (Lipinski definition) is 3. The summed E-state index contributed by atoms with van der Waals surface area (Å²) in [4.78, 5) is 18.3. The Morgan fingerprint density at radius 3 is 2.71 bits per heavy atom. The summed E-state index contributed by atoms with van der Waals surface area (Å²) in [5, 5.41) is 0. The second-order valence-electron chi connectivity index (χ2n) is 4.19. The van der Waals surface area contributed by atoms with Crippen LogP contribution in [0.15, 0.2) is 33.5 Å². The lowest BCUT2D eigenvalue weighted by atomic mass is 10.1. The Labute approximate surface area is 126 Å². The average Bonchev–Trinajstić information content (AvgIpc) is 2.43. The third kappa shape index (κ3) is 3.51. The summed E-state index contributed by atoms with van der Waals surface area (Å²) in [5.41, 5.74) is -0.802. The number of hydrogen-bond donors (Lipinski definition) is 1. The SMILES string of the molecule is COCc1nc(-c2cccc(C(F)(F)F)c2)[nH]c(=O)c1Br. The molecule has 1 N–H and O–H groups in total. The van der Waals surface area contributed by atoms with Crippen LogP contribution in [-0.2, 0) is 17.5 Å². The second-order valence-corrected chi connectivity index (χ2v) is 4.98. The summed E-state index contributed by atoms with van der Waals surface area (Å²) in [5.74, 6) is 0.0568. The van der Waals surface area contributed by atoms with Gasteiger partial charge in [0.2, 0.25) is 0 Å². The molecule has 0 fully saturated rings. The van der Waals surface area contributed by atoms with Gasteiger partial charge >= 0.3 is 6.18 Å². The number of halogens is 4. The molecule has 0 atom stereocenters. The minimum Gasteiger partial charge on any atom is -0.378 e. The molecule has 0 aliphatic heterocycles. The lowest BCUT2D eigenvalue weighted by Gasteiger charge is -2.09. The smallest absolute Gasteiger partial charge is 0.378 e. The maximum absolute atomic E-state index is 12.7. The van der Waals surface area contributed by atoms with Gasteiger partial charge in [0.1, 0.15) is 10.3 Å². The Morgan fingerprint density at radius 1 is 1.38 bits per heavy atom. The maximum atomic E-state index is 12.7. The van der Waals surface area contributed by atoms with Crippen LogP contribution in [0.25, 0.3) is 11.4 Å².